The minimum absolute atomic E-state index is 0.0270. The molecule has 0 aromatic rings. The van der Waals surface area contributed by atoms with Gasteiger partial charge in [0.2, 0.25) is 11.8 Å². The van der Waals surface area contributed by atoms with E-state index in [1.165, 1.54) is 0 Å². The van der Waals surface area contributed by atoms with Crippen molar-refractivity contribution in [1.82, 2.24) is 10.6 Å². The van der Waals surface area contributed by atoms with Gasteiger partial charge in [-0.15, -0.1) is 0 Å². The first-order valence-electron chi connectivity index (χ1n) is 5.81. The smallest absolute Gasteiger partial charge is 0.242 e. The van der Waals surface area contributed by atoms with E-state index >= 15 is 0 Å². The topological polar surface area (TPSA) is 84.2 Å². The van der Waals surface area contributed by atoms with E-state index < -0.39 is 12.0 Å². The molecule has 0 aliphatic carbocycles. The predicted molar refractivity (Wildman–Crippen MR) is 69.3 cm³/mol. The van der Waals surface area contributed by atoms with Gasteiger partial charge >= 0.3 is 0 Å². The zero-order valence-corrected chi connectivity index (χ0v) is 11.0. The highest BCUT2D eigenvalue weighted by Crippen LogP contribution is 2.13. The maximum atomic E-state index is 12.0. The number of hydrogen-bond acceptors (Lipinski definition) is 3. The quantitative estimate of drug-likeness (QED) is 0.616. The molecule has 96 valence electrons. The number of carbonyl (C=O) groups is 2. The molecule has 0 spiro atoms. The van der Waals surface area contributed by atoms with Gasteiger partial charge in [-0.25, -0.2) is 0 Å². The Bertz CT molecular complexity index is 331. The van der Waals surface area contributed by atoms with Gasteiger partial charge in [-0.1, -0.05) is 26.1 Å². The first kappa shape index (κ1) is 13.9. The molecule has 1 aliphatic rings. The Kier molecular flexibility index (Phi) is 4.86. The minimum atomic E-state index is -0.514. The molecule has 1 fully saturated rings. The number of piperidine rings is 1. The summed E-state index contributed by atoms with van der Waals surface area (Å²) in [4.78, 5) is 23.7. The van der Waals surface area contributed by atoms with Crippen molar-refractivity contribution in [2.24, 2.45) is 17.6 Å². The summed E-state index contributed by atoms with van der Waals surface area (Å²) in [7, 11) is 0. The molecule has 1 heterocycles. The minimum Gasteiger partial charge on any atom is -0.393 e. The zero-order valence-electron chi connectivity index (χ0n) is 10.2. The first-order chi connectivity index (χ1) is 7.93. The summed E-state index contributed by atoms with van der Waals surface area (Å²) in [5, 5.41) is 5.43. The summed E-state index contributed by atoms with van der Waals surface area (Å²) in [6, 6.07) is -0.452. The highest BCUT2D eigenvalue weighted by Gasteiger charge is 2.30. The van der Waals surface area contributed by atoms with E-state index in [9.17, 15) is 9.59 Å². The maximum absolute atomic E-state index is 12.0. The molecule has 6 heteroatoms. The highest BCUT2D eigenvalue weighted by molar-refractivity contribution is 7.80. The van der Waals surface area contributed by atoms with Gasteiger partial charge in [-0.05, 0) is 18.8 Å². The Morgan fingerprint density at radius 3 is 2.71 bits per heavy atom. The SMILES string of the molecule is CC(C)C(C(=O)NC1CCCNC1=O)C(N)=S. The molecule has 4 N–H and O–H groups in total. The fraction of sp³-hybridized carbons (Fsp3) is 0.727. The first-order valence-corrected chi connectivity index (χ1v) is 6.21. The largest absolute Gasteiger partial charge is 0.393 e. The summed E-state index contributed by atoms with van der Waals surface area (Å²) in [5.74, 6) is -0.872. The van der Waals surface area contributed by atoms with E-state index in [4.69, 9.17) is 18.0 Å². The predicted octanol–water partition coefficient (Wildman–Crippen LogP) is -0.0605. The number of nitrogens with one attached hydrogen (secondary N) is 2. The van der Waals surface area contributed by atoms with Crippen molar-refractivity contribution in [1.29, 1.82) is 0 Å². The number of hydrogen-bond donors (Lipinski definition) is 3. The lowest BCUT2D eigenvalue weighted by molar-refractivity contribution is -0.131. The Balaban J connectivity index is 2.63. The standard InChI is InChI=1S/C11H19N3O2S/c1-6(2)8(9(12)17)11(16)14-7-4-3-5-13-10(7)15/h6-8H,3-5H2,1-2H3,(H2,12,17)(H,13,15)(H,14,16). The lowest BCUT2D eigenvalue weighted by Gasteiger charge is -2.26. The molecular formula is C11H19N3O2S. The number of rotatable bonds is 4. The summed E-state index contributed by atoms with van der Waals surface area (Å²) in [6.07, 6.45) is 1.54. The Morgan fingerprint density at radius 2 is 2.24 bits per heavy atom. The molecule has 1 saturated heterocycles. The Labute approximate surface area is 107 Å². The summed E-state index contributed by atoms with van der Waals surface area (Å²) in [6.45, 7) is 4.43. The molecular weight excluding hydrogens is 238 g/mol. The molecule has 0 aromatic heterocycles. The second-order valence-corrected chi connectivity index (χ2v) is 5.09. The van der Waals surface area contributed by atoms with Gasteiger partial charge in [0.25, 0.3) is 0 Å². The molecule has 5 nitrogen and oxygen atoms in total. The van der Waals surface area contributed by atoms with Crippen LogP contribution >= 0.6 is 12.2 Å². The molecule has 0 aromatic carbocycles. The van der Waals surface area contributed by atoms with Crippen molar-refractivity contribution in [2.75, 3.05) is 6.54 Å². The third-order valence-electron chi connectivity index (χ3n) is 2.86. The van der Waals surface area contributed by atoms with Crippen molar-refractivity contribution in [3.05, 3.63) is 0 Å². The van der Waals surface area contributed by atoms with Crippen molar-refractivity contribution in [3.8, 4) is 0 Å². The molecule has 1 rings (SSSR count). The van der Waals surface area contributed by atoms with Crippen molar-refractivity contribution < 1.29 is 9.59 Å². The van der Waals surface area contributed by atoms with Gasteiger partial charge in [0.05, 0.1) is 10.9 Å². The average Bonchev–Trinajstić information content (AvgIpc) is 2.20. The number of thiocarbonyl (C=S) groups is 1. The Morgan fingerprint density at radius 1 is 1.59 bits per heavy atom. The summed E-state index contributed by atoms with van der Waals surface area (Å²) in [5.41, 5.74) is 5.55. The van der Waals surface area contributed by atoms with Crippen LogP contribution in [0, 0.1) is 11.8 Å². The molecule has 2 unspecified atom stereocenters. The van der Waals surface area contributed by atoms with E-state index in [2.05, 4.69) is 10.6 Å². The second kappa shape index (κ2) is 5.95. The van der Waals surface area contributed by atoms with Crippen LogP contribution in [0.2, 0.25) is 0 Å². The molecule has 0 radical (unpaired) electrons. The van der Waals surface area contributed by atoms with Gasteiger partial charge in [-0.2, -0.15) is 0 Å². The van der Waals surface area contributed by atoms with Crippen molar-refractivity contribution in [3.63, 3.8) is 0 Å². The van der Waals surface area contributed by atoms with Crippen LogP contribution in [0.1, 0.15) is 26.7 Å². The summed E-state index contributed by atoms with van der Waals surface area (Å²) >= 11 is 4.88. The lowest BCUT2D eigenvalue weighted by atomic mass is 9.94. The van der Waals surface area contributed by atoms with E-state index in [1.807, 2.05) is 13.8 Å². The van der Waals surface area contributed by atoms with Crippen LogP contribution in [-0.2, 0) is 9.59 Å². The number of carbonyl (C=O) groups excluding carboxylic acids is 2. The van der Waals surface area contributed by atoms with Crippen LogP contribution in [0.15, 0.2) is 0 Å². The molecule has 2 atom stereocenters. The average molecular weight is 257 g/mol. The third kappa shape index (κ3) is 3.66. The molecule has 0 saturated carbocycles. The molecule has 17 heavy (non-hydrogen) atoms. The van der Waals surface area contributed by atoms with Crippen LogP contribution < -0.4 is 16.4 Å². The fourth-order valence-corrected chi connectivity index (χ4v) is 2.31. The maximum Gasteiger partial charge on any atom is 0.242 e. The van der Waals surface area contributed by atoms with E-state index in [0.29, 0.717) is 13.0 Å². The van der Waals surface area contributed by atoms with E-state index in [-0.39, 0.29) is 22.7 Å². The van der Waals surface area contributed by atoms with E-state index in [0.717, 1.165) is 6.42 Å². The lowest BCUT2D eigenvalue weighted by Crippen LogP contribution is -2.53. The van der Waals surface area contributed by atoms with Crippen LogP contribution in [-0.4, -0.2) is 29.4 Å². The molecule has 0 bridgehead atoms. The fourth-order valence-electron chi connectivity index (χ4n) is 1.93. The van der Waals surface area contributed by atoms with Gasteiger partial charge in [0.15, 0.2) is 0 Å². The second-order valence-electron chi connectivity index (χ2n) is 4.62. The molecule has 1 aliphatic heterocycles. The van der Waals surface area contributed by atoms with Crippen LogP contribution in [0.25, 0.3) is 0 Å². The van der Waals surface area contributed by atoms with Crippen molar-refractivity contribution in [2.45, 2.75) is 32.7 Å². The normalized spacial score (nSPS) is 21.8. The molecule has 2 amide bonds. The summed E-state index contributed by atoms with van der Waals surface area (Å²) < 4.78 is 0. The van der Waals surface area contributed by atoms with Crippen LogP contribution in [0.3, 0.4) is 0 Å². The van der Waals surface area contributed by atoms with Crippen LogP contribution in [0.4, 0.5) is 0 Å². The van der Waals surface area contributed by atoms with Crippen molar-refractivity contribution >= 4 is 29.0 Å². The highest BCUT2D eigenvalue weighted by atomic mass is 32.1. The van der Waals surface area contributed by atoms with Crippen LogP contribution in [0.5, 0.6) is 0 Å². The van der Waals surface area contributed by atoms with Gasteiger partial charge in [0, 0.05) is 6.54 Å². The van der Waals surface area contributed by atoms with Gasteiger partial charge in [0.1, 0.15) is 6.04 Å². The van der Waals surface area contributed by atoms with E-state index in [1.54, 1.807) is 0 Å². The third-order valence-corrected chi connectivity index (χ3v) is 3.11. The Hall–Kier alpha value is -1.17. The number of nitrogens with two attached hydrogens (primary N) is 1. The number of amides is 2. The monoisotopic (exact) mass is 257 g/mol. The van der Waals surface area contributed by atoms with Gasteiger partial charge in [-0.3, -0.25) is 9.59 Å². The zero-order chi connectivity index (χ0) is 13.0. The van der Waals surface area contributed by atoms with Gasteiger partial charge < -0.3 is 16.4 Å².